The number of amides is 5. The summed E-state index contributed by atoms with van der Waals surface area (Å²) in [5.41, 5.74) is 8.30. The van der Waals surface area contributed by atoms with E-state index in [2.05, 4.69) is 15.4 Å². The zero-order valence-corrected chi connectivity index (χ0v) is 72.2. The number of likely N-dealkylation sites (N-methyl/N-ethyl adjacent to an activating group) is 3. The number of aliphatic carboxylic acids is 2. The fourth-order valence-electron chi connectivity index (χ4n) is 9.64. The average Bonchev–Trinajstić information content (AvgIpc) is 0.941. The number of methoxy groups -OCH3 is 2. The Morgan fingerprint density at radius 1 is 0.495 bits per heavy atom. The van der Waals surface area contributed by atoms with Crippen molar-refractivity contribution in [3.8, 4) is 0 Å². The van der Waals surface area contributed by atoms with Crippen molar-refractivity contribution >= 4 is 147 Å². The number of nitrogens with zero attached hydrogens (tertiary/aromatic N) is 3. The van der Waals surface area contributed by atoms with Crippen LogP contribution in [0.3, 0.4) is 0 Å². The number of halogens is 2. The van der Waals surface area contributed by atoms with Crippen molar-refractivity contribution in [3.05, 3.63) is 108 Å². The van der Waals surface area contributed by atoms with E-state index in [1.54, 1.807) is 13.8 Å². The van der Waals surface area contributed by atoms with Gasteiger partial charge in [0.1, 0.15) is 56.1 Å². The van der Waals surface area contributed by atoms with Gasteiger partial charge in [0, 0.05) is 83.4 Å². The van der Waals surface area contributed by atoms with Gasteiger partial charge >= 0.3 is 61.0 Å². The van der Waals surface area contributed by atoms with Crippen molar-refractivity contribution in [2.24, 2.45) is 23.5 Å². The first-order chi connectivity index (χ1) is 41.5. The summed E-state index contributed by atoms with van der Waals surface area (Å²) < 4.78 is 40.5. The maximum atomic E-state index is 12.7. The van der Waals surface area contributed by atoms with Crippen LogP contribution in [0.2, 0.25) is 0 Å². The predicted molar refractivity (Wildman–Crippen MR) is 391 cm³/mol. The van der Waals surface area contributed by atoms with Crippen molar-refractivity contribution < 1.29 is 169 Å². The molecule has 97 heavy (non-hydrogen) atoms. The molecule has 0 heterocycles. The molecule has 550 valence electrons. The molecule has 6 rings (SSSR count). The number of rotatable bonds is 20. The Morgan fingerprint density at radius 2 is 0.753 bits per heavy atom. The maximum Gasteiger partial charge on any atom is 1.00 e. The molecule has 6 atom stereocenters. The van der Waals surface area contributed by atoms with Gasteiger partial charge in [-0.05, 0) is 93.7 Å². The SMILES string of the molecule is COC(=O)[C@@H](N)C1CCCCC1.COC(=O)[C@@H](NC(=O)[C@H](C)N(C)C(=O)OCc1ccccc1)C1CCCCC1.C[C@@H](C(=O)N[C@H](C(=O)O)C1CCCCC1)N(C)C(=O)OCc1ccccc1.C[C@@H](C(=O)O)N(C)C(=O)OCc1ccccc1.Cl.S.S.S.S.S.S.[2H]CF.[Li+].[OH-].[U].[U]. The molecule has 0 unspecified atom stereocenters. The third kappa shape index (κ3) is 44.4. The molecule has 0 aromatic heterocycles. The molecule has 3 aliphatic rings. The van der Waals surface area contributed by atoms with Gasteiger partial charge in [0.2, 0.25) is 11.8 Å². The Hall–Kier alpha value is -2.77. The van der Waals surface area contributed by atoms with Crippen molar-refractivity contribution in [1.82, 2.24) is 25.3 Å². The topological polar surface area (TPSA) is 330 Å². The van der Waals surface area contributed by atoms with Crippen molar-refractivity contribution in [3.63, 3.8) is 0 Å². The van der Waals surface area contributed by atoms with Crippen LogP contribution < -0.4 is 35.2 Å². The fourth-order valence-corrected chi connectivity index (χ4v) is 9.64. The monoisotopic (exact) mass is 1950 g/mol. The van der Waals surface area contributed by atoms with E-state index in [1.165, 1.54) is 71.3 Å². The quantitative estimate of drug-likeness (QED) is 0.0432. The van der Waals surface area contributed by atoms with E-state index in [4.69, 9.17) is 31.2 Å². The van der Waals surface area contributed by atoms with Gasteiger partial charge < -0.3 is 55.7 Å². The maximum absolute atomic E-state index is 12.7. The minimum Gasteiger partial charge on any atom is -0.870 e. The van der Waals surface area contributed by atoms with Gasteiger partial charge in [-0.3, -0.25) is 33.5 Å². The molecule has 0 spiro atoms. The number of carboxylic acid groups (broad SMARTS) is 2. The van der Waals surface area contributed by atoms with Crippen LogP contribution in [0.25, 0.3) is 0 Å². The number of nitrogens with two attached hydrogens (primary N) is 1. The summed E-state index contributed by atoms with van der Waals surface area (Å²) in [4.78, 5) is 110. The Balaban J connectivity index is -0.000000130. The van der Waals surface area contributed by atoms with E-state index in [0.29, 0.717) is 5.92 Å². The molecule has 3 saturated carbocycles. The number of benzene rings is 3. The molecule has 3 aromatic carbocycles. The largest absolute Gasteiger partial charge is 1.00 e. The second-order valence-electron chi connectivity index (χ2n) is 21.4. The zero-order valence-electron chi connectivity index (χ0n) is 58.1. The first kappa shape index (κ1) is 113. The molecule has 7 N–H and O–H groups in total. The molecule has 23 nitrogen and oxygen atoms in total. The van der Waals surface area contributed by atoms with E-state index >= 15 is 0 Å². The molecule has 0 radical (unpaired) electrons. The van der Waals surface area contributed by atoms with Gasteiger partial charge in [-0.15, -0.1) is 12.4 Å². The van der Waals surface area contributed by atoms with Crippen LogP contribution in [-0.4, -0.2) is 163 Å². The molecular formula is C63H107ClFLiN6O17S6U2. The van der Waals surface area contributed by atoms with Crippen LogP contribution in [0.5, 0.6) is 0 Å². The van der Waals surface area contributed by atoms with Crippen LogP contribution >= 0.6 is 93.4 Å². The van der Waals surface area contributed by atoms with Gasteiger partial charge in [-0.2, -0.15) is 81.0 Å². The number of carboxylic acids is 2. The Bertz CT molecular complexity index is 2590. The third-order valence-electron chi connectivity index (χ3n) is 15.5. The van der Waals surface area contributed by atoms with E-state index in [1.807, 2.05) is 91.0 Å². The third-order valence-corrected chi connectivity index (χ3v) is 15.5. The van der Waals surface area contributed by atoms with Gasteiger partial charge in [0.05, 0.1) is 22.7 Å². The molecule has 5 amide bonds. The van der Waals surface area contributed by atoms with Crippen molar-refractivity contribution in [2.45, 2.75) is 173 Å². The number of esters is 2. The summed E-state index contributed by atoms with van der Waals surface area (Å²) in [5.74, 6) is -3.35. The van der Waals surface area contributed by atoms with Gasteiger partial charge in [-0.25, -0.2) is 28.8 Å². The number of hydrogen-bond acceptors (Lipinski definition) is 16. The van der Waals surface area contributed by atoms with Crippen molar-refractivity contribution in [1.29, 1.82) is 0 Å². The normalized spacial score (nSPS) is 14.4. The Kier molecular flexibility index (Phi) is 77.3. The molecule has 0 bridgehead atoms. The first-order valence-electron chi connectivity index (χ1n) is 29.9. The molecular weight excluding hydrogens is 1840 g/mol. The summed E-state index contributed by atoms with van der Waals surface area (Å²) >= 11 is 0. The Labute approximate surface area is 682 Å². The predicted octanol–water partition coefficient (Wildman–Crippen LogP) is 6.98. The first-order valence-corrected chi connectivity index (χ1v) is 29.2. The van der Waals surface area contributed by atoms with Gasteiger partial charge in [-0.1, -0.05) is 149 Å². The number of ether oxygens (including phenoxy) is 5. The second-order valence-corrected chi connectivity index (χ2v) is 21.4. The van der Waals surface area contributed by atoms with Crippen LogP contribution in [0.1, 0.15) is 135 Å². The summed E-state index contributed by atoms with van der Waals surface area (Å²) in [5, 5.41) is 23.6. The molecule has 0 aliphatic heterocycles. The van der Waals surface area contributed by atoms with E-state index in [-0.39, 0.29) is 218 Å². The van der Waals surface area contributed by atoms with E-state index in [9.17, 15) is 52.6 Å². The average molecular weight is 1950 g/mol. The summed E-state index contributed by atoms with van der Waals surface area (Å²) in [6.07, 6.45) is 13.6. The van der Waals surface area contributed by atoms with E-state index < -0.39 is 91.4 Å². The van der Waals surface area contributed by atoms with E-state index in [0.717, 1.165) is 98.6 Å². The number of carbonyl (C=O) groups excluding carboxylic acids is 7. The number of carbonyl (C=O) groups is 9. The number of hydrogen-bond donors (Lipinski definition) is 5. The van der Waals surface area contributed by atoms with Crippen LogP contribution in [0, 0.1) is 80.0 Å². The molecule has 3 aliphatic carbocycles. The molecule has 34 heteroatoms. The van der Waals surface area contributed by atoms with Gasteiger partial charge in [0.15, 0.2) is 0 Å². The van der Waals surface area contributed by atoms with Crippen LogP contribution in [0.4, 0.5) is 18.8 Å². The smallest absolute Gasteiger partial charge is 0.870 e. The fraction of sp³-hybridized carbons (Fsp3) is 0.571. The molecule has 3 fully saturated rings. The second kappa shape index (κ2) is 66.5. The Morgan fingerprint density at radius 3 is 1.02 bits per heavy atom. The molecule has 0 saturated heterocycles. The van der Waals surface area contributed by atoms with Crippen LogP contribution in [0.15, 0.2) is 91.0 Å². The number of alkyl halides is 1. The molecule has 3 aromatic rings. The standard InChI is InChI=1S/C21H30N2O5.C20H28N2O5.C12H15NO4.C9H17NO2.CH3F.ClH.Li.H2O.6H2S.2U/c1-15(23(2)21(26)28-14-16-10-6-4-7-11-16)19(24)22-18(20(25)27-3)17-12-8-5-9-13-17;1-14(22(2)20(26)27-13-15-9-5-3-6-10-15)18(23)21-17(19(24)25)16-11-7-4-8-12-16;1-9(11(14)15)13(2)12(16)17-8-10-6-4-3-5-7-10;1-12-9(11)8(10)7-5-3-2-4-6-7;1-2;;;;;;;;;;;/h4,6-7,10-11,15,17-18H,5,8-9,12-14H2,1-3H3,(H,22,24);3,5-6,9-10,14,16-17H,4,7-8,11-13H2,1-2H3,(H,21,23)(H,24,25);3-7,9H,8H2,1-2H3,(H,14,15);7-8H,2-6,10H2,1H3;1H3;1H;;7*1H2;;/q;;;;;;+1;;;;;;;;;/p-1/t15-,18-;14-,17-;9-;8-;;;;;;;;;;;;/m0000............/s1/i;;;;1D;;;;;;;;;;;. The summed E-state index contributed by atoms with van der Waals surface area (Å²) in [6.45, 7) is 4.96. The number of nitrogens with one attached hydrogen (secondary N) is 2. The zero-order chi connectivity index (χ0) is 64.8. The summed E-state index contributed by atoms with van der Waals surface area (Å²) in [7, 11) is 6.08. The van der Waals surface area contributed by atoms with Gasteiger partial charge in [0.25, 0.3) is 0 Å². The summed E-state index contributed by atoms with van der Waals surface area (Å²) in [6, 6.07) is 23.2. The van der Waals surface area contributed by atoms with Crippen molar-refractivity contribution in [2.75, 3.05) is 42.5 Å². The minimum atomic E-state index is -1.07. The van der Waals surface area contributed by atoms with Crippen LogP contribution in [-0.2, 0) is 72.3 Å². The minimum absolute atomic E-state index is 0.